The van der Waals surface area contributed by atoms with Crippen LogP contribution < -0.4 is 11.1 Å². The first kappa shape index (κ1) is 30.5. The molecule has 18 nitrogen and oxygen atoms in total. The monoisotopic (exact) mass is 601 g/mol. The van der Waals surface area contributed by atoms with Crippen molar-refractivity contribution in [1.29, 1.82) is 0 Å². The Morgan fingerprint density at radius 1 is 1.24 bits per heavy atom. The van der Waals surface area contributed by atoms with Gasteiger partial charge in [0.15, 0.2) is 0 Å². The number of aliphatic hydroxyl groups excluding tert-OH is 1. The highest BCUT2D eigenvalue weighted by Gasteiger charge is 2.43. The molecule has 212 valence electrons. The topological polar surface area (TPSA) is 275 Å². The summed E-state index contributed by atoms with van der Waals surface area (Å²) < 4.78 is 53.2. The van der Waals surface area contributed by atoms with E-state index in [0.717, 1.165) is 6.42 Å². The van der Waals surface area contributed by atoms with Crippen molar-refractivity contribution in [2.24, 2.45) is 0 Å². The number of rotatable bonds is 12. The zero-order chi connectivity index (χ0) is 28.3. The molecule has 0 spiro atoms. The zero-order valence-corrected chi connectivity index (χ0v) is 22.3. The van der Waals surface area contributed by atoms with Gasteiger partial charge in [0.25, 0.3) is 0 Å². The molecule has 38 heavy (non-hydrogen) atoms. The number of hydrogen-bond acceptors (Lipinski definition) is 12. The van der Waals surface area contributed by atoms with E-state index in [9.17, 15) is 33.4 Å². The quantitative estimate of drug-likeness (QED) is 0.129. The van der Waals surface area contributed by atoms with E-state index in [1.165, 1.54) is 23.0 Å². The lowest BCUT2D eigenvalue weighted by atomic mass is 10.2. The molecule has 1 fully saturated rings. The molecular formula is C17H26N5O13P3. The van der Waals surface area contributed by atoms with Gasteiger partial charge in [0.05, 0.1) is 18.1 Å². The Morgan fingerprint density at radius 3 is 2.61 bits per heavy atom. The van der Waals surface area contributed by atoms with E-state index in [4.69, 9.17) is 20.3 Å². The maximum absolute atomic E-state index is 12.0. The molecule has 1 amide bonds. The summed E-state index contributed by atoms with van der Waals surface area (Å²) in [6.45, 7) is 1.57. The van der Waals surface area contributed by atoms with Crippen molar-refractivity contribution in [3.8, 4) is 0 Å². The van der Waals surface area contributed by atoms with E-state index in [1.807, 2.05) is 6.92 Å². The first-order valence-corrected chi connectivity index (χ1v) is 15.3. The van der Waals surface area contributed by atoms with Crippen molar-refractivity contribution >= 4 is 52.3 Å². The van der Waals surface area contributed by atoms with Crippen LogP contribution in [0.1, 0.15) is 31.6 Å². The van der Waals surface area contributed by atoms with Gasteiger partial charge in [0.2, 0.25) is 5.91 Å². The maximum Gasteiger partial charge on any atom is 0.490 e. The van der Waals surface area contributed by atoms with Gasteiger partial charge in [-0.2, -0.15) is 8.62 Å². The third-order valence-electron chi connectivity index (χ3n) is 4.96. The van der Waals surface area contributed by atoms with Crippen molar-refractivity contribution in [1.82, 2.24) is 19.9 Å². The van der Waals surface area contributed by atoms with Crippen molar-refractivity contribution < 1.29 is 61.1 Å². The lowest BCUT2D eigenvalue weighted by Crippen LogP contribution is -2.26. The molecule has 3 heterocycles. The minimum Gasteiger partial charge on any atom is -0.390 e. The molecule has 8 N–H and O–H groups in total. The molecule has 2 aromatic heterocycles. The van der Waals surface area contributed by atoms with Crippen molar-refractivity contribution in [3.05, 3.63) is 24.2 Å². The number of nitrogens with zero attached hydrogens (tertiary/aromatic N) is 3. The highest BCUT2D eigenvalue weighted by Crippen LogP contribution is 2.66. The largest absolute Gasteiger partial charge is 0.490 e. The molecule has 0 aromatic carbocycles. The van der Waals surface area contributed by atoms with E-state index in [1.54, 1.807) is 6.20 Å². The second-order valence-corrected chi connectivity index (χ2v) is 12.3. The molecule has 0 saturated carbocycles. The number of fused-ring (bicyclic) bond motifs is 1. The lowest BCUT2D eigenvalue weighted by Gasteiger charge is -2.19. The number of phosphoric ester groups is 1. The van der Waals surface area contributed by atoms with Gasteiger partial charge in [-0.15, -0.1) is 0 Å². The van der Waals surface area contributed by atoms with Crippen LogP contribution in [0.2, 0.25) is 0 Å². The molecule has 5 atom stereocenters. The fraction of sp³-hybridized carbons (Fsp3) is 0.471. The molecule has 1 aliphatic heterocycles. The number of anilines is 1. The number of carbonyl (C=O) groups excluding carboxylic acids is 1. The number of aromatic nitrogens is 3. The number of nitrogens with two attached hydrogens (primary N) is 1. The van der Waals surface area contributed by atoms with E-state index < -0.39 is 48.5 Å². The average molecular weight is 601 g/mol. The third kappa shape index (κ3) is 8.23. The fourth-order valence-corrected chi connectivity index (χ4v) is 6.49. The molecule has 3 rings (SSSR count). The van der Waals surface area contributed by atoms with Gasteiger partial charge < -0.3 is 45.0 Å². The lowest BCUT2D eigenvalue weighted by molar-refractivity contribution is -0.116. The van der Waals surface area contributed by atoms with Crippen LogP contribution >= 0.6 is 23.5 Å². The van der Waals surface area contributed by atoms with Crippen LogP contribution in [0.15, 0.2) is 18.6 Å². The van der Waals surface area contributed by atoms with Gasteiger partial charge in [-0.25, -0.2) is 23.7 Å². The van der Waals surface area contributed by atoms with E-state index in [0.29, 0.717) is 23.1 Å². The van der Waals surface area contributed by atoms with Gasteiger partial charge in [-0.05, 0) is 12.5 Å². The van der Waals surface area contributed by atoms with Crippen LogP contribution in [0.25, 0.3) is 17.1 Å². The summed E-state index contributed by atoms with van der Waals surface area (Å²) in [5, 5.41) is 13.5. The number of amides is 1. The molecule has 2 unspecified atom stereocenters. The Kier molecular flexibility index (Phi) is 9.63. The Labute approximate surface area is 214 Å². The summed E-state index contributed by atoms with van der Waals surface area (Å²) >= 11 is 0. The Balaban J connectivity index is 1.74. The summed E-state index contributed by atoms with van der Waals surface area (Å²) in [5.74, 6) is -0.215. The van der Waals surface area contributed by atoms with Gasteiger partial charge >= 0.3 is 23.5 Å². The SMILES string of the molecule is CCCNC(=O)/C=C/c1cn([C@H]2C[C@H](O)[C@@H](COP(=O)(O)OP(=O)(O)OP(=O)(O)O)O2)c2ncnc(N)c12. The fourth-order valence-electron chi connectivity index (χ4n) is 3.46. The number of aliphatic hydroxyl groups is 1. The van der Waals surface area contributed by atoms with E-state index in [2.05, 4.69) is 28.4 Å². The summed E-state index contributed by atoms with van der Waals surface area (Å²) in [5.41, 5.74) is 6.78. The second-order valence-electron chi connectivity index (χ2n) is 7.89. The zero-order valence-electron chi connectivity index (χ0n) is 19.6. The molecule has 1 saturated heterocycles. The van der Waals surface area contributed by atoms with E-state index >= 15 is 0 Å². The second kappa shape index (κ2) is 12.0. The first-order chi connectivity index (χ1) is 17.6. The number of nitrogen functional groups attached to an aromatic ring is 1. The van der Waals surface area contributed by atoms with Crippen molar-refractivity contribution in [2.75, 3.05) is 18.9 Å². The van der Waals surface area contributed by atoms with Gasteiger partial charge in [-0.1, -0.05) is 6.92 Å². The molecule has 21 heteroatoms. The van der Waals surface area contributed by atoms with Crippen molar-refractivity contribution in [2.45, 2.75) is 38.2 Å². The normalized spacial score (nSPS) is 23.5. The van der Waals surface area contributed by atoms with E-state index in [-0.39, 0.29) is 18.1 Å². The minimum absolute atomic E-state index is 0.0573. The molecule has 0 radical (unpaired) electrons. The molecule has 2 aromatic rings. The number of nitrogens with one attached hydrogen (secondary N) is 1. The molecule has 0 bridgehead atoms. The number of phosphoric acid groups is 3. The Bertz CT molecular complexity index is 1340. The number of carbonyl (C=O) groups is 1. The number of hydrogen-bond donors (Lipinski definition) is 7. The Hall–Kier alpha value is -2.04. The molecule has 1 aliphatic rings. The summed E-state index contributed by atoms with van der Waals surface area (Å²) in [4.78, 5) is 56.2. The highest BCUT2D eigenvalue weighted by atomic mass is 31.3. The first-order valence-electron chi connectivity index (χ1n) is 10.8. The van der Waals surface area contributed by atoms with Crippen LogP contribution in [0, 0.1) is 0 Å². The minimum atomic E-state index is -5.69. The standard InChI is InChI=1S/C17H26N5O13P3/c1-2-5-19-13(24)4-3-10-7-22(17-15(10)16(18)20-9-21-17)14-6-11(23)12(33-14)8-32-37(28,29)35-38(30,31)34-36(25,26)27/h3-4,7,9,11-12,14,23H,2,5-6,8H2,1H3,(H,19,24)(H,28,29)(H,30,31)(H2,18,20,21)(H2,25,26,27)/b4-3+/t11-,12+,14+/m0/s1. The summed E-state index contributed by atoms with van der Waals surface area (Å²) in [6, 6.07) is 0. The van der Waals surface area contributed by atoms with Crippen LogP contribution in [0.4, 0.5) is 5.82 Å². The summed E-state index contributed by atoms with van der Waals surface area (Å²) in [6.07, 6.45) is 2.85. The maximum atomic E-state index is 12.0. The molecular weight excluding hydrogens is 575 g/mol. The Morgan fingerprint density at radius 2 is 1.95 bits per heavy atom. The predicted molar refractivity (Wildman–Crippen MR) is 129 cm³/mol. The third-order valence-corrected chi connectivity index (χ3v) is 8.77. The van der Waals surface area contributed by atoms with Crippen LogP contribution in [0.3, 0.4) is 0 Å². The van der Waals surface area contributed by atoms with Crippen LogP contribution in [-0.2, 0) is 36.4 Å². The van der Waals surface area contributed by atoms with Crippen LogP contribution in [0.5, 0.6) is 0 Å². The van der Waals surface area contributed by atoms with Crippen molar-refractivity contribution in [3.63, 3.8) is 0 Å². The average Bonchev–Trinajstić information content (AvgIpc) is 3.33. The van der Waals surface area contributed by atoms with Crippen LogP contribution in [-0.4, -0.2) is 70.5 Å². The van der Waals surface area contributed by atoms with Gasteiger partial charge in [0.1, 0.15) is 30.1 Å². The number of ether oxygens (including phenoxy) is 1. The summed E-state index contributed by atoms with van der Waals surface area (Å²) in [7, 11) is -16.6. The smallest absolute Gasteiger partial charge is 0.390 e. The predicted octanol–water partition coefficient (Wildman–Crippen LogP) is 0.545. The van der Waals surface area contributed by atoms with Gasteiger partial charge in [0, 0.05) is 30.8 Å². The molecule has 0 aliphatic carbocycles. The highest BCUT2D eigenvalue weighted by molar-refractivity contribution is 7.66. The van der Waals surface area contributed by atoms with Gasteiger partial charge in [-0.3, -0.25) is 9.32 Å².